The third-order valence-electron chi connectivity index (χ3n) is 1.41. The van der Waals surface area contributed by atoms with Gasteiger partial charge in [0.15, 0.2) is 0 Å². The first kappa shape index (κ1) is 12.7. The fraction of sp³-hybridized carbons (Fsp3) is 0.250. The average Bonchev–Trinajstić information content (AvgIpc) is 2.07. The first-order valence-electron chi connectivity index (χ1n) is 3.64. The van der Waals surface area contributed by atoms with Crippen LogP contribution >= 0.6 is 18.6 Å². The van der Waals surface area contributed by atoms with E-state index in [4.69, 9.17) is 18.6 Å². The summed E-state index contributed by atoms with van der Waals surface area (Å²) in [6.45, 7) is 4.66. The molecule has 0 aromatic heterocycles. The minimum absolute atomic E-state index is 0.549. The van der Waals surface area contributed by atoms with Gasteiger partial charge in [-0.15, -0.1) is 0 Å². The van der Waals surface area contributed by atoms with Crippen LogP contribution < -0.4 is 5.19 Å². The fourth-order valence-electron chi connectivity index (χ4n) is 0.785. The number of rotatable bonds is 1. The third kappa shape index (κ3) is 6.27. The summed E-state index contributed by atoms with van der Waals surface area (Å²) in [5, 5.41) is 1.52. The summed E-state index contributed by atoms with van der Waals surface area (Å²) >= 11 is -0.556. The molecule has 0 aliphatic rings. The van der Waals surface area contributed by atoms with Crippen molar-refractivity contribution in [2.45, 2.75) is 13.1 Å². The first-order chi connectivity index (χ1) is 5.72. The summed E-state index contributed by atoms with van der Waals surface area (Å²) in [5.41, 5.74) is 0. The average molecular weight is 254 g/mol. The Labute approximate surface area is 92.6 Å². The molecular weight excluding hydrogens is 243 g/mol. The van der Waals surface area contributed by atoms with Gasteiger partial charge in [0.25, 0.3) is 0 Å². The van der Waals surface area contributed by atoms with Crippen LogP contribution in [0, 0.1) is 6.07 Å². The van der Waals surface area contributed by atoms with Crippen molar-refractivity contribution in [3.05, 3.63) is 30.3 Å². The van der Waals surface area contributed by atoms with Gasteiger partial charge < -0.3 is 0 Å². The molecule has 1 rings (SSSR count). The molecule has 0 fully saturated rings. The van der Waals surface area contributed by atoms with Crippen LogP contribution in [0.4, 0.5) is 0 Å². The van der Waals surface area contributed by atoms with E-state index >= 15 is 0 Å². The van der Waals surface area contributed by atoms with Crippen molar-refractivity contribution < 1.29 is 17.0 Å². The molecular formula is C8H11Cl2SiTi. The van der Waals surface area contributed by atoms with E-state index in [-0.39, 0.29) is 0 Å². The number of hydrogen-bond donors (Lipinski definition) is 0. The predicted octanol–water partition coefficient (Wildman–Crippen LogP) is 2.56. The maximum absolute atomic E-state index is 4.89. The quantitative estimate of drug-likeness (QED) is 0.675. The molecule has 1 aromatic carbocycles. The first-order valence-corrected chi connectivity index (χ1v) is 10.8. The van der Waals surface area contributed by atoms with Crippen molar-refractivity contribution in [1.29, 1.82) is 0 Å². The van der Waals surface area contributed by atoms with Gasteiger partial charge in [0, 0.05) is 0 Å². The van der Waals surface area contributed by atoms with Crippen molar-refractivity contribution >= 4 is 32.6 Å². The summed E-state index contributed by atoms with van der Waals surface area (Å²) in [7, 11) is 9.23. The molecule has 0 amide bonds. The SMILES string of the molecule is C[SiH](C)c1cc[c]cc1.[Cl][Ti][Cl]. The van der Waals surface area contributed by atoms with E-state index in [9.17, 15) is 0 Å². The van der Waals surface area contributed by atoms with E-state index in [1.54, 1.807) is 0 Å². The Morgan fingerprint density at radius 3 is 1.92 bits per heavy atom. The predicted molar refractivity (Wildman–Crippen MR) is 55.5 cm³/mol. The van der Waals surface area contributed by atoms with E-state index in [1.807, 2.05) is 12.1 Å². The number of halogens is 2. The van der Waals surface area contributed by atoms with Crippen LogP contribution in [0.1, 0.15) is 0 Å². The molecule has 0 saturated heterocycles. The van der Waals surface area contributed by atoms with E-state index in [2.05, 4.69) is 31.3 Å². The standard InChI is InChI=1S/C8H11Si.2ClH.Ti/c1-9(2)8-6-4-3-5-7-8;;;/h4-7,9H,1-2H3;2*1H;/q;;;+2/p-2. The van der Waals surface area contributed by atoms with E-state index < -0.39 is 25.8 Å². The van der Waals surface area contributed by atoms with E-state index in [0.29, 0.717) is 0 Å². The van der Waals surface area contributed by atoms with Crippen LogP contribution in [-0.2, 0) is 17.0 Å². The molecule has 0 aliphatic heterocycles. The second-order valence-corrected chi connectivity index (χ2v) is 8.11. The van der Waals surface area contributed by atoms with Crippen molar-refractivity contribution in [1.82, 2.24) is 0 Å². The Bertz CT molecular complexity index is 192. The van der Waals surface area contributed by atoms with Gasteiger partial charge in [-0.2, -0.15) is 0 Å². The van der Waals surface area contributed by atoms with Crippen LogP contribution in [0.2, 0.25) is 13.1 Å². The topological polar surface area (TPSA) is 0 Å². The molecule has 0 N–H and O–H groups in total. The van der Waals surface area contributed by atoms with Gasteiger partial charge >= 0.3 is 35.6 Å². The summed E-state index contributed by atoms with van der Waals surface area (Å²) in [6.07, 6.45) is 0. The van der Waals surface area contributed by atoms with E-state index in [1.165, 1.54) is 5.19 Å². The van der Waals surface area contributed by atoms with Crippen LogP contribution in [-0.4, -0.2) is 8.80 Å². The summed E-state index contributed by atoms with van der Waals surface area (Å²) < 4.78 is 0. The second kappa shape index (κ2) is 8.33. The molecule has 12 heavy (non-hydrogen) atoms. The second-order valence-electron chi connectivity index (χ2n) is 2.56. The molecule has 0 spiro atoms. The Kier molecular flexibility index (Phi) is 8.84. The number of hydrogen-bond acceptors (Lipinski definition) is 0. The van der Waals surface area contributed by atoms with E-state index in [0.717, 1.165) is 0 Å². The van der Waals surface area contributed by atoms with Crippen LogP contribution in [0.15, 0.2) is 24.3 Å². The molecule has 0 nitrogen and oxygen atoms in total. The Morgan fingerprint density at radius 1 is 1.25 bits per heavy atom. The normalized spacial score (nSPS) is 8.75. The molecule has 0 atom stereocenters. The Hall–Kier alpha value is 0.731. The zero-order valence-corrected chi connectivity index (χ0v) is 11.4. The molecule has 4 heteroatoms. The summed E-state index contributed by atoms with van der Waals surface area (Å²) in [5.74, 6) is 0. The Morgan fingerprint density at radius 2 is 1.67 bits per heavy atom. The molecule has 0 heterocycles. The van der Waals surface area contributed by atoms with Crippen molar-refractivity contribution in [2.75, 3.05) is 0 Å². The fourth-order valence-corrected chi connectivity index (χ4v) is 1.75. The van der Waals surface area contributed by atoms with Crippen molar-refractivity contribution in [3.63, 3.8) is 0 Å². The zero-order chi connectivity index (χ0) is 9.40. The Balaban J connectivity index is 0.000000354. The van der Waals surface area contributed by atoms with Crippen molar-refractivity contribution in [2.24, 2.45) is 0 Å². The monoisotopic (exact) mass is 253 g/mol. The summed E-state index contributed by atoms with van der Waals surface area (Å²) in [4.78, 5) is 0. The molecule has 1 aromatic rings. The van der Waals surface area contributed by atoms with Gasteiger partial charge in [0.1, 0.15) is 0 Å². The molecule has 1 radical (unpaired) electrons. The molecule has 65 valence electrons. The van der Waals surface area contributed by atoms with Crippen LogP contribution in [0.3, 0.4) is 0 Å². The molecule has 0 bridgehead atoms. The molecule has 0 saturated carbocycles. The van der Waals surface area contributed by atoms with Crippen LogP contribution in [0.5, 0.6) is 0 Å². The van der Waals surface area contributed by atoms with Crippen LogP contribution in [0.25, 0.3) is 0 Å². The zero-order valence-electron chi connectivity index (χ0n) is 7.14. The minimum atomic E-state index is -0.556. The van der Waals surface area contributed by atoms with Gasteiger partial charge in [0.2, 0.25) is 0 Å². The van der Waals surface area contributed by atoms with Gasteiger partial charge in [-0.1, -0.05) is 42.5 Å². The van der Waals surface area contributed by atoms with Gasteiger partial charge in [0.05, 0.1) is 8.80 Å². The maximum atomic E-state index is 4.89. The van der Waals surface area contributed by atoms with Gasteiger partial charge in [-0.05, 0) is 6.07 Å². The van der Waals surface area contributed by atoms with Gasteiger partial charge in [-0.25, -0.2) is 0 Å². The molecule has 0 aliphatic carbocycles. The summed E-state index contributed by atoms with van der Waals surface area (Å²) in [6, 6.07) is 11.3. The number of benzene rings is 1. The molecule has 0 unspecified atom stereocenters. The van der Waals surface area contributed by atoms with Gasteiger partial charge in [-0.3, -0.25) is 0 Å². The van der Waals surface area contributed by atoms with Crippen molar-refractivity contribution in [3.8, 4) is 0 Å². The third-order valence-corrected chi connectivity index (χ3v) is 3.13.